The predicted molar refractivity (Wildman–Crippen MR) is 75.4 cm³/mol. The predicted octanol–water partition coefficient (Wildman–Crippen LogP) is 3.78. The summed E-state index contributed by atoms with van der Waals surface area (Å²) in [6.45, 7) is 1.72. The van der Waals surface area contributed by atoms with E-state index in [1.165, 1.54) is 12.1 Å². The van der Waals surface area contributed by atoms with Crippen LogP contribution < -0.4 is 5.32 Å². The number of carbonyl (C=O) groups is 1. The van der Waals surface area contributed by atoms with Gasteiger partial charge in [0.15, 0.2) is 0 Å². The highest BCUT2D eigenvalue weighted by Gasteiger charge is 2.34. The van der Waals surface area contributed by atoms with E-state index in [4.69, 9.17) is 11.6 Å². The van der Waals surface area contributed by atoms with Gasteiger partial charge in [-0.15, -0.1) is 0 Å². The fourth-order valence-corrected chi connectivity index (χ4v) is 2.54. The molecule has 1 amide bonds. The topological polar surface area (TPSA) is 32.3 Å². The molecule has 0 aromatic heterocycles. The van der Waals surface area contributed by atoms with Crippen LogP contribution in [0.4, 0.5) is 18.9 Å². The smallest absolute Gasteiger partial charge is 0.324 e. The van der Waals surface area contributed by atoms with Gasteiger partial charge in [0, 0.05) is 5.02 Å². The minimum Gasteiger partial charge on any atom is -0.324 e. The number of halogens is 4. The van der Waals surface area contributed by atoms with E-state index < -0.39 is 17.6 Å². The number of hydrogen-bond acceptors (Lipinski definition) is 2. The summed E-state index contributed by atoms with van der Waals surface area (Å²) in [6.07, 6.45) is -1.39. The first kappa shape index (κ1) is 16.1. The van der Waals surface area contributed by atoms with Gasteiger partial charge in [0.2, 0.25) is 5.91 Å². The molecule has 1 aliphatic rings. The maximum absolute atomic E-state index is 12.9. The van der Waals surface area contributed by atoms with Crippen molar-refractivity contribution in [3.8, 4) is 0 Å². The molecule has 21 heavy (non-hydrogen) atoms. The number of nitrogens with zero attached hydrogens (tertiary/aromatic N) is 1. The van der Waals surface area contributed by atoms with Crippen LogP contribution in [0.5, 0.6) is 0 Å². The Balaban J connectivity index is 2.06. The minimum atomic E-state index is -4.56. The monoisotopic (exact) mass is 320 g/mol. The summed E-state index contributed by atoms with van der Waals surface area (Å²) in [6, 6.07) is 3.32. The van der Waals surface area contributed by atoms with Gasteiger partial charge in [0.05, 0.1) is 17.8 Å². The molecular weight excluding hydrogens is 305 g/mol. The maximum atomic E-state index is 12.9. The molecule has 1 saturated heterocycles. The molecule has 3 nitrogen and oxygen atoms in total. The molecule has 2 rings (SSSR count). The number of anilines is 1. The molecule has 0 atom stereocenters. The Morgan fingerprint density at radius 3 is 2.52 bits per heavy atom. The summed E-state index contributed by atoms with van der Waals surface area (Å²) in [4.78, 5) is 13.8. The number of rotatable bonds is 3. The van der Waals surface area contributed by atoms with Crippen LogP contribution in [-0.2, 0) is 11.0 Å². The van der Waals surface area contributed by atoms with Crippen molar-refractivity contribution in [3.05, 3.63) is 28.8 Å². The van der Waals surface area contributed by atoms with Gasteiger partial charge < -0.3 is 5.32 Å². The Hall–Kier alpha value is -1.27. The van der Waals surface area contributed by atoms with Crippen LogP contribution in [0.2, 0.25) is 5.02 Å². The van der Waals surface area contributed by atoms with Gasteiger partial charge in [-0.2, -0.15) is 13.2 Å². The number of piperidine rings is 1. The number of likely N-dealkylation sites (tertiary alicyclic amines) is 1. The Labute approximate surface area is 126 Å². The quantitative estimate of drug-likeness (QED) is 0.919. The Morgan fingerprint density at radius 1 is 1.24 bits per heavy atom. The molecule has 1 N–H and O–H groups in total. The van der Waals surface area contributed by atoms with E-state index in [1.54, 1.807) is 0 Å². The van der Waals surface area contributed by atoms with Crippen molar-refractivity contribution < 1.29 is 18.0 Å². The van der Waals surface area contributed by atoms with Crippen LogP contribution in [0.1, 0.15) is 24.8 Å². The summed E-state index contributed by atoms with van der Waals surface area (Å²) in [7, 11) is 0. The van der Waals surface area contributed by atoms with Crippen LogP contribution in [0.3, 0.4) is 0 Å². The van der Waals surface area contributed by atoms with Crippen molar-refractivity contribution in [3.63, 3.8) is 0 Å². The van der Waals surface area contributed by atoms with Crippen LogP contribution in [0, 0.1) is 0 Å². The molecule has 0 spiro atoms. The fourth-order valence-electron chi connectivity index (χ4n) is 2.37. The van der Waals surface area contributed by atoms with E-state index in [0.717, 1.165) is 38.4 Å². The lowest BCUT2D eigenvalue weighted by Crippen LogP contribution is -2.37. The van der Waals surface area contributed by atoms with Crippen molar-refractivity contribution in [2.75, 3.05) is 25.0 Å². The van der Waals surface area contributed by atoms with Crippen molar-refractivity contribution >= 4 is 23.2 Å². The molecule has 1 aromatic carbocycles. The zero-order valence-corrected chi connectivity index (χ0v) is 12.1. The second-order valence-electron chi connectivity index (χ2n) is 5.07. The second kappa shape index (κ2) is 6.66. The molecule has 1 aromatic rings. The second-order valence-corrected chi connectivity index (χ2v) is 5.51. The van der Waals surface area contributed by atoms with Gasteiger partial charge >= 0.3 is 6.18 Å². The molecule has 1 aliphatic heterocycles. The van der Waals surface area contributed by atoms with Gasteiger partial charge in [-0.1, -0.05) is 18.0 Å². The van der Waals surface area contributed by atoms with Gasteiger partial charge in [-0.05, 0) is 44.1 Å². The normalized spacial score (nSPS) is 16.8. The molecule has 0 bridgehead atoms. The molecule has 0 radical (unpaired) electrons. The molecule has 0 unspecified atom stereocenters. The molecule has 1 heterocycles. The third kappa shape index (κ3) is 4.61. The van der Waals surface area contributed by atoms with Crippen molar-refractivity contribution in [2.45, 2.75) is 25.4 Å². The lowest BCUT2D eigenvalue weighted by atomic mass is 10.1. The zero-order chi connectivity index (χ0) is 15.5. The summed E-state index contributed by atoms with van der Waals surface area (Å²) < 4.78 is 38.8. The first-order chi connectivity index (χ1) is 9.86. The number of hydrogen-bond donors (Lipinski definition) is 1. The highest BCUT2D eigenvalue weighted by molar-refractivity contribution is 6.30. The van der Waals surface area contributed by atoms with Gasteiger partial charge in [-0.25, -0.2) is 0 Å². The standard InChI is InChI=1S/C14H16ClF3N2O/c15-10-4-5-12(11(8-10)14(16,17)18)19-13(21)9-20-6-2-1-3-7-20/h4-5,8H,1-3,6-7,9H2,(H,19,21). The summed E-state index contributed by atoms with van der Waals surface area (Å²) in [5, 5.41) is 2.32. The summed E-state index contributed by atoms with van der Waals surface area (Å²) in [5.74, 6) is -0.440. The Bertz CT molecular complexity index is 513. The lowest BCUT2D eigenvalue weighted by molar-refractivity contribution is -0.137. The summed E-state index contributed by atoms with van der Waals surface area (Å²) >= 11 is 5.59. The van der Waals surface area contributed by atoms with Gasteiger partial charge in [-0.3, -0.25) is 9.69 Å². The molecule has 116 valence electrons. The third-order valence-electron chi connectivity index (χ3n) is 3.38. The van der Waals surface area contributed by atoms with E-state index in [1.807, 2.05) is 4.90 Å². The van der Waals surface area contributed by atoms with E-state index in [0.29, 0.717) is 0 Å². The fraction of sp³-hybridized carbons (Fsp3) is 0.500. The molecule has 7 heteroatoms. The van der Waals surface area contributed by atoms with E-state index >= 15 is 0 Å². The van der Waals surface area contributed by atoms with Crippen molar-refractivity contribution in [1.29, 1.82) is 0 Å². The van der Waals surface area contributed by atoms with Crippen LogP contribution in [0.15, 0.2) is 18.2 Å². The number of nitrogens with one attached hydrogen (secondary N) is 1. The van der Waals surface area contributed by atoms with Crippen LogP contribution >= 0.6 is 11.6 Å². The lowest BCUT2D eigenvalue weighted by Gasteiger charge is -2.25. The average molecular weight is 321 g/mol. The SMILES string of the molecule is O=C(CN1CCCCC1)Nc1ccc(Cl)cc1C(F)(F)F. The number of alkyl halides is 3. The van der Waals surface area contributed by atoms with Gasteiger partial charge in [0.25, 0.3) is 0 Å². The van der Waals surface area contributed by atoms with Crippen LogP contribution in [-0.4, -0.2) is 30.4 Å². The average Bonchev–Trinajstić information content (AvgIpc) is 2.40. The van der Waals surface area contributed by atoms with E-state index in [9.17, 15) is 18.0 Å². The third-order valence-corrected chi connectivity index (χ3v) is 3.61. The number of carbonyl (C=O) groups excluding carboxylic acids is 1. The van der Waals surface area contributed by atoms with Crippen molar-refractivity contribution in [2.24, 2.45) is 0 Å². The largest absolute Gasteiger partial charge is 0.418 e. The van der Waals surface area contributed by atoms with E-state index in [2.05, 4.69) is 5.32 Å². The summed E-state index contributed by atoms with van der Waals surface area (Å²) in [5.41, 5.74) is -1.18. The maximum Gasteiger partial charge on any atom is 0.418 e. The van der Waals surface area contributed by atoms with Gasteiger partial charge in [0.1, 0.15) is 0 Å². The Kier molecular flexibility index (Phi) is 5.11. The van der Waals surface area contributed by atoms with E-state index in [-0.39, 0.29) is 17.3 Å². The molecule has 0 saturated carbocycles. The minimum absolute atomic E-state index is 0.0173. The van der Waals surface area contributed by atoms with Crippen molar-refractivity contribution in [1.82, 2.24) is 4.90 Å². The Morgan fingerprint density at radius 2 is 1.90 bits per heavy atom. The highest BCUT2D eigenvalue weighted by Crippen LogP contribution is 2.36. The van der Waals surface area contributed by atoms with Crippen LogP contribution in [0.25, 0.3) is 0 Å². The first-order valence-corrected chi connectivity index (χ1v) is 7.13. The first-order valence-electron chi connectivity index (χ1n) is 6.75. The molecule has 1 fully saturated rings. The molecule has 0 aliphatic carbocycles. The highest BCUT2D eigenvalue weighted by atomic mass is 35.5. The number of amides is 1. The molecular formula is C14H16ClF3N2O. The number of benzene rings is 1. The zero-order valence-electron chi connectivity index (χ0n) is 11.3.